The van der Waals surface area contributed by atoms with Crippen molar-refractivity contribution in [3.05, 3.63) is 0 Å². The van der Waals surface area contributed by atoms with Crippen molar-refractivity contribution in [2.45, 2.75) is 38.8 Å². The fourth-order valence-corrected chi connectivity index (χ4v) is 1.17. The molecule has 0 radical (unpaired) electrons. The van der Waals surface area contributed by atoms with Crippen molar-refractivity contribution in [3.8, 4) is 0 Å². The molecule has 2 heteroatoms. The predicted octanol–water partition coefficient (Wildman–Crippen LogP) is 1.16. The lowest BCUT2D eigenvalue weighted by atomic mass is 10.2. The van der Waals surface area contributed by atoms with Crippen molar-refractivity contribution >= 4 is 0 Å². The number of nitrogens with one attached hydrogen (secondary N) is 1. The van der Waals surface area contributed by atoms with Crippen LogP contribution in [0.2, 0.25) is 0 Å². The Balaban J connectivity index is 2.01. The van der Waals surface area contributed by atoms with Crippen LogP contribution in [-0.2, 0) is 4.74 Å². The van der Waals surface area contributed by atoms with Gasteiger partial charge in [-0.3, -0.25) is 0 Å². The molecule has 1 atom stereocenters. The Morgan fingerprint density at radius 3 is 2.90 bits per heavy atom. The van der Waals surface area contributed by atoms with Gasteiger partial charge in [-0.25, -0.2) is 0 Å². The van der Waals surface area contributed by atoms with E-state index in [1.54, 1.807) is 0 Å². The molecule has 1 saturated heterocycles. The smallest absolute Gasteiger partial charge is 0.0700 e. The van der Waals surface area contributed by atoms with Crippen LogP contribution in [0.3, 0.4) is 0 Å². The molecule has 2 nitrogen and oxygen atoms in total. The number of rotatable bonds is 3. The number of hydrogen-bond acceptors (Lipinski definition) is 2. The molecule has 1 N–H and O–H groups in total. The molecular formula is C8H17NO. The minimum atomic E-state index is 0.488. The SMILES string of the molecule is CC(C)NC[C@H]1CCCO1. The van der Waals surface area contributed by atoms with E-state index in [0.717, 1.165) is 13.2 Å². The van der Waals surface area contributed by atoms with Gasteiger partial charge in [0.1, 0.15) is 0 Å². The van der Waals surface area contributed by atoms with E-state index in [2.05, 4.69) is 19.2 Å². The summed E-state index contributed by atoms with van der Waals surface area (Å²) < 4.78 is 5.44. The van der Waals surface area contributed by atoms with Gasteiger partial charge in [0.15, 0.2) is 0 Å². The third kappa shape index (κ3) is 2.67. The van der Waals surface area contributed by atoms with E-state index in [4.69, 9.17) is 4.74 Å². The first-order valence-corrected chi connectivity index (χ1v) is 4.14. The van der Waals surface area contributed by atoms with E-state index >= 15 is 0 Å². The lowest BCUT2D eigenvalue weighted by Gasteiger charge is -2.12. The average Bonchev–Trinajstić information content (AvgIpc) is 2.34. The van der Waals surface area contributed by atoms with Gasteiger partial charge < -0.3 is 10.1 Å². The third-order valence-corrected chi connectivity index (χ3v) is 1.78. The zero-order chi connectivity index (χ0) is 7.40. The van der Waals surface area contributed by atoms with Crippen LogP contribution < -0.4 is 5.32 Å². The summed E-state index contributed by atoms with van der Waals surface area (Å²) in [6.45, 7) is 6.31. The van der Waals surface area contributed by atoms with Crippen molar-refractivity contribution in [1.29, 1.82) is 0 Å². The van der Waals surface area contributed by atoms with E-state index in [1.165, 1.54) is 12.8 Å². The van der Waals surface area contributed by atoms with Gasteiger partial charge >= 0.3 is 0 Å². The lowest BCUT2D eigenvalue weighted by Crippen LogP contribution is -2.31. The molecule has 1 aliphatic heterocycles. The van der Waals surface area contributed by atoms with Gasteiger partial charge in [-0.2, -0.15) is 0 Å². The van der Waals surface area contributed by atoms with E-state index in [0.29, 0.717) is 12.1 Å². The van der Waals surface area contributed by atoms with E-state index in [-0.39, 0.29) is 0 Å². The molecule has 0 aromatic heterocycles. The highest BCUT2D eigenvalue weighted by Gasteiger charge is 2.14. The Morgan fingerprint density at radius 2 is 2.40 bits per heavy atom. The highest BCUT2D eigenvalue weighted by atomic mass is 16.5. The van der Waals surface area contributed by atoms with E-state index in [9.17, 15) is 0 Å². The molecule has 1 fully saturated rings. The van der Waals surface area contributed by atoms with Gasteiger partial charge in [-0.05, 0) is 12.8 Å². The minimum Gasteiger partial charge on any atom is -0.377 e. The molecule has 1 aliphatic rings. The van der Waals surface area contributed by atoms with E-state index in [1.807, 2.05) is 0 Å². The van der Waals surface area contributed by atoms with Gasteiger partial charge in [0.2, 0.25) is 0 Å². The van der Waals surface area contributed by atoms with Crippen molar-refractivity contribution in [1.82, 2.24) is 5.32 Å². The maximum atomic E-state index is 5.44. The Bertz CT molecular complexity index is 87.3. The summed E-state index contributed by atoms with van der Waals surface area (Å²) >= 11 is 0. The Labute approximate surface area is 63.0 Å². The molecule has 0 aromatic rings. The molecule has 0 amide bonds. The summed E-state index contributed by atoms with van der Waals surface area (Å²) in [5, 5.41) is 3.36. The Morgan fingerprint density at radius 1 is 1.60 bits per heavy atom. The van der Waals surface area contributed by atoms with Crippen LogP contribution >= 0.6 is 0 Å². The molecule has 1 heterocycles. The molecule has 0 unspecified atom stereocenters. The Kier molecular flexibility index (Phi) is 3.16. The monoisotopic (exact) mass is 143 g/mol. The standard InChI is InChI=1S/C8H17NO/c1-7(2)9-6-8-4-3-5-10-8/h7-9H,3-6H2,1-2H3/t8-/m1/s1. The second-order valence-corrected chi connectivity index (χ2v) is 3.20. The van der Waals surface area contributed by atoms with Crippen LogP contribution in [0, 0.1) is 0 Å². The fraction of sp³-hybridized carbons (Fsp3) is 1.00. The number of hydrogen-bond donors (Lipinski definition) is 1. The number of ether oxygens (including phenoxy) is 1. The molecule has 1 rings (SSSR count). The van der Waals surface area contributed by atoms with Crippen molar-refractivity contribution in [2.75, 3.05) is 13.2 Å². The van der Waals surface area contributed by atoms with Gasteiger partial charge in [-0.1, -0.05) is 13.8 Å². The first-order chi connectivity index (χ1) is 4.79. The van der Waals surface area contributed by atoms with Gasteiger partial charge in [-0.15, -0.1) is 0 Å². The molecule has 0 bridgehead atoms. The van der Waals surface area contributed by atoms with Crippen LogP contribution in [0.4, 0.5) is 0 Å². The van der Waals surface area contributed by atoms with Gasteiger partial charge in [0.05, 0.1) is 6.10 Å². The first kappa shape index (κ1) is 8.02. The predicted molar refractivity (Wildman–Crippen MR) is 42.1 cm³/mol. The largest absolute Gasteiger partial charge is 0.377 e. The lowest BCUT2D eigenvalue weighted by molar-refractivity contribution is 0.108. The van der Waals surface area contributed by atoms with Crippen molar-refractivity contribution in [2.24, 2.45) is 0 Å². The molecular weight excluding hydrogens is 126 g/mol. The van der Waals surface area contributed by atoms with E-state index < -0.39 is 0 Å². The topological polar surface area (TPSA) is 21.3 Å². The maximum absolute atomic E-state index is 5.44. The van der Waals surface area contributed by atoms with Crippen LogP contribution in [0.15, 0.2) is 0 Å². The summed E-state index contributed by atoms with van der Waals surface area (Å²) in [5.41, 5.74) is 0. The summed E-state index contributed by atoms with van der Waals surface area (Å²) in [6, 6.07) is 0.587. The summed E-state index contributed by atoms with van der Waals surface area (Å²) in [6.07, 6.45) is 2.96. The summed E-state index contributed by atoms with van der Waals surface area (Å²) in [4.78, 5) is 0. The van der Waals surface area contributed by atoms with Gasteiger partial charge in [0, 0.05) is 19.2 Å². The molecule has 0 aromatic carbocycles. The summed E-state index contributed by atoms with van der Waals surface area (Å²) in [5.74, 6) is 0. The van der Waals surface area contributed by atoms with Crippen molar-refractivity contribution < 1.29 is 4.74 Å². The Hall–Kier alpha value is -0.0800. The average molecular weight is 143 g/mol. The van der Waals surface area contributed by atoms with Crippen LogP contribution in [0.5, 0.6) is 0 Å². The fourth-order valence-electron chi connectivity index (χ4n) is 1.17. The highest BCUT2D eigenvalue weighted by Crippen LogP contribution is 2.10. The van der Waals surface area contributed by atoms with Crippen LogP contribution in [0.25, 0.3) is 0 Å². The van der Waals surface area contributed by atoms with Crippen LogP contribution in [0.1, 0.15) is 26.7 Å². The zero-order valence-corrected chi connectivity index (χ0v) is 6.89. The normalized spacial score (nSPS) is 26.1. The van der Waals surface area contributed by atoms with Crippen molar-refractivity contribution in [3.63, 3.8) is 0 Å². The molecule has 0 saturated carbocycles. The van der Waals surface area contributed by atoms with Crippen LogP contribution in [-0.4, -0.2) is 25.3 Å². The summed E-state index contributed by atoms with van der Waals surface area (Å²) in [7, 11) is 0. The molecule has 0 spiro atoms. The molecule has 10 heavy (non-hydrogen) atoms. The quantitative estimate of drug-likeness (QED) is 0.640. The first-order valence-electron chi connectivity index (χ1n) is 4.14. The second-order valence-electron chi connectivity index (χ2n) is 3.20. The highest BCUT2D eigenvalue weighted by molar-refractivity contribution is 4.68. The second kappa shape index (κ2) is 3.94. The zero-order valence-electron chi connectivity index (χ0n) is 6.89. The minimum absolute atomic E-state index is 0.488. The molecule has 0 aliphatic carbocycles. The maximum Gasteiger partial charge on any atom is 0.0700 e. The molecule has 60 valence electrons. The van der Waals surface area contributed by atoms with Gasteiger partial charge in [0.25, 0.3) is 0 Å². The third-order valence-electron chi connectivity index (χ3n) is 1.78.